The van der Waals surface area contributed by atoms with E-state index >= 15 is 0 Å². The van der Waals surface area contributed by atoms with Crippen LogP contribution in [0.4, 0.5) is 13.2 Å². The summed E-state index contributed by atoms with van der Waals surface area (Å²) in [6.07, 6.45) is -4.48. The van der Waals surface area contributed by atoms with E-state index in [1.54, 1.807) is 24.3 Å². The Bertz CT molecular complexity index is 812. The Hall–Kier alpha value is -2.56. The Morgan fingerprint density at radius 1 is 1.05 bits per heavy atom. The van der Waals surface area contributed by atoms with Gasteiger partial charge in [0.05, 0.1) is 16.8 Å². The van der Waals surface area contributed by atoms with E-state index in [0.717, 1.165) is 11.5 Å². The second-order valence-electron chi connectivity index (χ2n) is 4.54. The molecule has 0 spiro atoms. The molecule has 0 aliphatic heterocycles. The minimum Gasteiger partial charge on any atom is -0.507 e. The lowest BCUT2D eigenvalue weighted by Crippen LogP contribution is -2.04. The van der Waals surface area contributed by atoms with Crippen LogP contribution < -0.4 is 0 Å². The van der Waals surface area contributed by atoms with Gasteiger partial charge >= 0.3 is 6.18 Å². The number of phenolic OH excluding ortho intramolecular Hbond substituents is 1. The summed E-state index contributed by atoms with van der Waals surface area (Å²) in [5.41, 5.74) is 0.439. The van der Waals surface area contributed by atoms with Gasteiger partial charge in [-0.1, -0.05) is 18.2 Å². The zero-order valence-electron chi connectivity index (χ0n) is 10.6. The normalized spacial score (nSPS) is 11.8. The number of nitrogens with zero attached hydrogens (tertiary/aromatic N) is 1. The van der Waals surface area contributed by atoms with Crippen molar-refractivity contribution in [3.05, 3.63) is 60.2 Å². The van der Waals surface area contributed by atoms with Gasteiger partial charge in [0, 0.05) is 10.9 Å². The molecule has 2 aromatic carbocycles. The molecule has 21 heavy (non-hydrogen) atoms. The van der Waals surface area contributed by atoms with E-state index in [1.807, 2.05) is 6.07 Å². The Morgan fingerprint density at radius 3 is 2.57 bits per heavy atom. The Labute approximate surface area is 118 Å². The van der Waals surface area contributed by atoms with E-state index in [2.05, 4.69) is 11.1 Å². The lowest BCUT2D eigenvalue weighted by Gasteiger charge is -2.10. The molecule has 0 saturated heterocycles. The highest BCUT2D eigenvalue weighted by molar-refractivity contribution is 5.82. The molecule has 0 fully saturated rings. The predicted octanol–water partition coefficient (Wildman–Crippen LogP) is 4.43. The number of halogens is 3. The fourth-order valence-corrected chi connectivity index (χ4v) is 2.08. The summed E-state index contributed by atoms with van der Waals surface area (Å²) in [6.45, 7) is 0. The molecule has 0 unspecified atom stereocenters. The van der Waals surface area contributed by atoms with Gasteiger partial charge in [-0.2, -0.15) is 13.2 Å². The molecular formula is C16H9F3NO. The second-order valence-corrected chi connectivity index (χ2v) is 4.54. The van der Waals surface area contributed by atoms with Gasteiger partial charge in [-0.3, -0.25) is 0 Å². The SMILES string of the molecule is Oc1cc(C(F)(F)F)ccc1-c1ccc2cc[c]cc2n1. The van der Waals surface area contributed by atoms with Crippen LogP contribution in [0.1, 0.15) is 5.56 Å². The van der Waals surface area contributed by atoms with Crippen molar-refractivity contribution in [2.75, 3.05) is 0 Å². The first-order valence-corrected chi connectivity index (χ1v) is 6.12. The number of phenols is 1. The van der Waals surface area contributed by atoms with Crippen molar-refractivity contribution in [3.63, 3.8) is 0 Å². The summed E-state index contributed by atoms with van der Waals surface area (Å²) in [5, 5.41) is 10.7. The maximum atomic E-state index is 12.6. The van der Waals surface area contributed by atoms with Gasteiger partial charge in [0.25, 0.3) is 0 Å². The number of fused-ring (bicyclic) bond motifs is 1. The van der Waals surface area contributed by atoms with Crippen molar-refractivity contribution in [2.24, 2.45) is 0 Å². The van der Waals surface area contributed by atoms with E-state index in [-0.39, 0.29) is 5.56 Å². The number of rotatable bonds is 1. The standard InChI is InChI=1S/C16H9F3NO/c17-16(18,19)11-6-7-12(15(21)9-11)14-8-5-10-3-1-2-4-13(10)20-14/h1,3-9,21H. The maximum Gasteiger partial charge on any atom is 0.416 e. The van der Waals surface area contributed by atoms with Gasteiger partial charge in [-0.05, 0) is 36.4 Å². The van der Waals surface area contributed by atoms with Crippen molar-refractivity contribution in [3.8, 4) is 17.0 Å². The Kier molecular flexibility index (Phi) is 3.05. The molecule has 0 atom stereocenters. The second kappa shape index (κ2) is 4.77. The minimum absolute atomic E-state index is 0.258. The molecule has 0 saturated carbocycles. The largest absolute Gasteiger partial charge is 0.507 e. The summed E-state index contributed by atoms with van der Waals surface area (Å²) in [5.74, 6) is -0.448. The van der Waals surface area contributed by atoms with Crippen LogP contribution in [-0.4, -0.2) is 10.1 Å². The molecule has 3 rings (SSSR count). The van der Waals surface area contributed by atoms with Gasteiger partial charge in [0.1, 0.15) is 5.75 Å². The van der Waals surface area contributed by atoms with Crippen molar-refractivity contribution in [1.82, 2.24) is 4.98 Å². The Balaban J connectivity index is 2.10. The van der Waals surface area contributed by atoms with Gasteiger partial charge in [-0.15, -0.1) is 0 Å². The number of pyridine rings is 1. The summed E-state index contributed by atoms with van der Waals surface area (Å²) < 4.78 is 37.7. The summed E-state index contributed by atoms with van der Waals surface area (Å²) in [7, 11) is 0. The molecule has 0 amide bonds. The monoisotopic (exact) mass is 288 g/mol. The van der Waals surface area contributed by atoms with Gasteiger partial charge < -0.3 is 5.11 Å². The van der Waals surface area contributed by atoms with Crippen LogP contribution in [0, 0.1) is 6.07 Å². The lowest BCUT2D eigenvalue weighted by atomic mass is 10.1. The smallest absolute Gasteiger partial charge is 0.416 e. The third-order valence-corrected chi connectivity index (χ3v) is 3.14. The van der Waals surface area contributed by atoms with Crippen molar-refractivity contribution in [1.29, 1.82) is 0 Å². The summed E-state index contributed by atoms with van der Waals surface area (Å²) in [4.78, 5) is 4.33. The summed E-state index contributed by atoms with van der Waals surface area (Å²) in [6, 6.07) is 14.5. The van der Waals surface area contributed by atoms with Crippen LogP contribution in [0.25, 0.3) is 22.2 Å². The zero-order valence-corrected chi connectivity index (χ0v) is 10.6. The molecule has 1 aromatic heterocycles. The number of hydrogen-bond acceptors (Lipinski definition) is 2. The van der Waals surface area contributed by atoms with Gasteiger partial charge in [-0.25, -0.2) is 4.98 Å². The van der Waals surface area contributed by atoms with Gasteiger partial charge in [0.2, 0.25) is 0 Å². The highest BCUT2D eigenvalue weighted by atomic mass is 19.4. The molecule has 5 heteroatoms. The Morgan fingerprint density at radius 2 is 1.86 bits per heavy atom. The molecule has 1 heterocycles. The molecule has 105 valence electrons. The number of alkyl halides is 3. The molecule has 0 aliphatic rings. The average Bonchev–Trinajstić information content (AvgIpc) is 2.45. The van der Waals surface area contributed by atoms with Crippen molar-refractivity contribution >= 4 is 10.9 Å². The molecule has 3 aromatic rings. The van der Waals surface area contributed by atoms with Crippen LogP contribution in [-0.2, 0) is 6.18 Å². The van der Waals surface area contributed by atoms with E-state index in [0.29, 0.717) is 17.3 Å². The maximum absolute atomic E-state index is 12.6. The van der Waals surface area contributed by atoms with Crippen LogP contribution in [0.3, 0.4) is 0 Å². The number of benzene rings is 2. The number of aromatic nitrogens is 1. The van der Waals surface area contributed by atoms with Crippen molar-refractivity contribution in [2.45, 2.75) is 6.18 Å². The average molecular weight is 288 g/mol. The number of hydrogen-bond donors (Lipinski definition) is 1. The van der Waals surface area contributed by atoms with E-state index in [1.165, 1.54) is 6.07 Å². The highest BCUT2D eigenvalue weighted by Gasteiger charge is 2.31. The number of aromatic hydroxyl groups is 1. The molecular weight excluding hydrogens is 279 g/mol. The quantitative estimate of drug-likeness (QED) is 0.718. The first-order chi connectivity index (χ1) is 9.95. The molecule has 1 N–H and O–H groups in total. The third-order valence-electron chi connectivity index (χ3n) is 3.14. The first kappa shape index (κ1) is 13.4. The fourth-order valence-electron chi connectivity index (χ4n) is 2.08. The first-order valence-electron chi connectivity index (χ1n) is 6.12. The fraction of sp³-hybridized carbons (Fsp3) is 0.0625. The molecule has 0 aliphatic carbocycles. The van der Waals surface area contributed by atoms with Crippen molar-refractivity contribution < 1.29 is 18.3 Å². The summed E-state index contributed by atoms with van der Waals surface area (Å²) >= 11 is 0. The highest BCUT2D eigenvalue weighted by Crippen LogP contribution is 2.36. The van der Waals surface area contributed by atoms with E-state index in [4.69, 9.17) is 0 Å². The van der Waals surface area contributed by atoms with E-state index < -0.39 is 17.5 Å². The topological polar surface area (TPSA) is 33.1 Å². The molecule has 0 bridgehead atoms. The van der Waals surface area contributed by atoms with Gasteiger partial charge in [0.15, 0.2) is 0 Å². The molecule has 2 nitrogen and oxygen atoms in total. The van der Waals surface area contributed by atoms with Crippen LogP contribution in [0.2, 0.25) is 0 Å². The van der Waals surface area contributed by atoms with Crippen LogP contribution in [0.5, 0.6) is 5.75 Å². The van der Waals surface area contributed by atoms with Crippen LogP contribution in [0.15, 0.2) is 48.5 Å². The van der Waals surface area contributed by atoms with E-state index in [9.17, 15) is 18.3 Å². The van der Waals surface area contributed by atoms with Crippen LogP contribution >= 0.6 is 0 Å². The minimum atomic E-state index is -4.48. The molecule has 1 radical (unpaired) electrons. The lowest BCUT2D eigenvalue weighted by molar-refractivity contribution is -0.137. The third kappa shape index (κ3) is 2.54. The predicted molar refractivity (Wildman–Crippen MR) is 72.7 cm³/mol. The zero-order chi connectivity index (χ0) is 15.0.